The topological polar surface area (TPSA) is 33.6 Å². The first-order chi connectivity index (χ1) is 7.25. The van der Waals surface area contributed by atoms with Crippen LogP contribution < -0.4 is 0 Å². The van der Waals surface area contributed by atoms with Crippen molar-refractivity contribution in [3.8, 4) is 0 Å². The molecule has 15 heavy (non-hydrogen) atoms. The van der Waals surface area contributed by atoms with Crippen LogP contribution in [0, 0.1) is 4.77 Å². The van der Waals surface area contributed by atoms with Crippen molar-refractivity contribution in [2.45, 2.75) is 10.6 Å². The summed E-state index contributed by atoms with van der Waals surface area (Å²) in [6.45, 7) is 0. The van der Waals surface area contributed by atoms with E-state index in [0.717, 1.165) is 11.6 Å². The third-order valence-corrected chi connectivity index (χ3v) is 3.32. The van der Waals surface area contributed by atoms with Crippen LogP contribution in [-0.2, 0) is 12.8 Å². The summed E-state index contributed by atoms with van der Waals surface area (Å²) in [6.07, 6.45) is 0. The van der Waals surface area contributed by atoms with E-state index < -0.39 is 0 Å². The Balaban J connectivity index is 2.02. The second-order valence-corrected chi connectivity index (χ2v) is 4.53. The van der Waals surface area contributed by atoms with Crippen LogP contribution in [0.25, 0.3) is 0 Å². The van der Waals surface area contributed by atoms with E-state index in [4.69, 9.17) is 12.2 Å². The van der Waals surface area contributed by atoms with Gasteiger partial charge in [0.1, 0.15) is 5.82 Å². The second-order valence-electron chi connectivity index (χ2n) is 3.11. The van der Waals surface area contributed by atoms with E-state index in [2.05, 4.69) is 22.2 Å². The van der Waals surface area contributed by atoms with Gasteiger partial charge >= 0.3 is 0 Å². The molecule has 0 unspecified atom stereocenters. The van der Waals surface area contributed by atoms with Gasteiger partial charge in [0.2, 0.25) is 4.77 Å². The highest BCUT2D eigenvalue weighted by Gasteiger charge is 2.00. The number of nitrogens with zero attached hydrogens (tertiary/aromatic N) is 2. The fraction of sp³-hybridized carbons (Fsp3) is 0.200. The van der Waals surface area contributed by atoms with Crippen LogP contribution in [0.3, 0.4) is 0 Å². The summed E-state index contributed by atoms with van der Waals surface area (Å²) in [5.41, 5.74) is 0. The lowest BCUT2D eigenvalue weighted by Crippen LogP contribution is -1.90. The van der Waals surface area contributed by atoms with Gasteiger partial charge in [-0.3, -0.25) is 9.78 Å². The zero-order valence-corrected chi connectivity index (χ0v) is 9.94. The molecule has 2 aromatic rings. The fourth-order valence-electron chi connectivity index (χ4n) is 1.19. The summed E-state index contributed by atoms with van der Waals surface area (Å²) in [7, 11) is 1.87. The van der Waals surface area contributed by atoms with E-state index in [0.29, 0.717) is 4.77 Å². The molecule has 0 atom stereocenters. The predicted molar refractivity (Wildman–Crippen MR) is 64.4 cm³/mol. The highest BCUT2D eigenvalue weighted by molar-refractivity contribution is 7.98. The highest BCUT2D eigenvalue weighted by atomic mass is 32.2. The summed E-state index contributed by atoms with van der Waals surface area (Å²) >= 11 is 6.76. The minimum atomic E-state index is 0.596. The quantitative estimate of drug-likeness (QED) is 0.658. The van der Waals surface area contributed by atoms with Crippen molar-refractivity contribution in [2.75, 3.05) is 0 Å². The molecule has 0 bridgehead atoms. The van der Waals surface area contributed by atoms with Gasteiger partial charge in [-0.2, -0.15) is 0 Å². The molecular formula is C10H11N3S2. The maximum absolute atomic E-state index is 5.02. The van der Waals surface area contributed by atoms with E-state index in [9.17, 15) is 0 Å². The Bertz CT molecular complexity index is 487. The Morgan fingerprint density at radius 2 is 2.13 bits per heavy atom. The molecule has 0 spiro atoms. The lowest BCUT2D eigenvalue weighted by molar-refractivity contribution is 0.744. The average molecular weight is 237 g/mol. The van der Waals surface area contributed by atoms with Crippen LogP contribution >= 0.6 is 24.0 Å². The van der Waals surface area contributed by atoms with Crippen molar-refractivity contribution in [1.82, 2.24) is 14.8 Å². The van der Waals surface area contributed by atoms with Crippen molar-refractivity contribution < 1.29 is 0 Å². The first kappa shape index (κ1) is 10.4. The Morgan fingerprint density at radius 3 is 2.73 bits per heavy atom. The number of H-pyrrole nitrogens is 1. The summed E-state index contributed by atoms with van der Waals surface area (Å²) in [6, 6.07) is 10.2. The smallest absolute Gasteiger partial charge is 0.215 e. The van der Waals surface area contributed by atoms with Crippen molar-refractivity contribution >= 4 is 24.0 Å². The molecule has 0 saturated carbocycles. The molecule has 2 rings (SSSR count). The number of benzene rings is 1. The monoisotopic (exact) mass is 237 g/mol. The third-order valence-electron chi connectivity index (χ3n) is 1.93. The van der Waals surface area contributed by atoms with Gasteiger partial charge in [0.05, 0.1) is 5.75 Å². The molecule has 78 valence electrons. The second kappa shape index (κ2) is 4.63. The molecule has 5 heteroatoms. The van der Waals surface area contributed by atoms with Gasteiger partial charge in [0.25, 0.3) is 0 Å². The Morgan fingerprint density at radius 1 is 1.40 bits per heavy atom. The maximum atomic E-state index is 5.02. The summed E-state index contributed by atoms with van der Waals surface area (Å²) in [5.74, 6) is 1.73. The molecule has 0 fully saturated rings. The Kier molecular flexibility index (Phi) is 3.23. The third kappa shape index (κ3) is 2.70. The summed E-state index contributed by atoms with van der Waals surface area (Å²) in [4.78, 5) is 5.47. The van der Waals surface area contributed by atoms with Gasteiger partial charge in [-0.15, -0.1) is 11.8 Å². The molecule has 1 aromatic carbocycles. The number of aromatic amines is 1. The molecule has 1 heterocycles. The number of hydrogen-bond acceptors (Lipinski definition) is 3. The number of nitrogens with one attached hydrogen (secondary N) is 1. The normalized spacial score (nSPS) is 10.5. The minimum Gasteiger partial charge on any atom is -0.283 e. The zero-order valence-electron chi connectivity index (χ0n) is 8.30. The minimum absolute atomic E-state index is 0.596. The molecule has 1 N–H and O–H groups in total. The zero-order chi connectivity index (χ0) is 10.7. The Labute approximate surface area is 97.5 Å². The first-order valence-corrected chi connectivity index (χ1v) is 5.95. The molecule has 0 aliphatic rings. The van der Waals surface area contributed by atoms with Crippen molar-refractivity contribution in [1.29, 1.82) is 0 Å². The van der Waals surface area contributed by atoms with Crippen molar-refractivity contribution in [2.24, 2.45) is 7.05 Å². The average Bonchev–Trinajstić information content (AvgIpc) is 2.57. The van der Waals surface area contributed by atoms with Crippen LogP contribution in [-0.4, -0.2) is 14.8 Å². The number of hydrogen-bond donors (Lipinski definition) is 1. The molecule has 0 amide bonds. The lowest BCUT2D eigenvalue weighted by Gasteiger charge is -1.97. The van der Waals surface area contributed by atoms with Crippen molar-refractivity contribution in [3.63, 3.8) is 0 Å². The van der Waals surface area contributed by atoms with Crippen LogP contribution in [0.2, 0.25) is 0 Å². The van der Waals surface area contributed by atoms with E-state index in [1.54, 1.807) is 16.4 Å². The van der Waals surface area contributed by atoms with Crippen LogP contribution in [0.1, 0.15) is 5.82 Å². The molecule has 0 aliphatic carbocycles. The number of rotatable bonds is 3. The highest BCUT2D eigenvalue weighted by Crippen LogP contribution is 2.20. The van der Waals surface area contributed by atoms with E-state index in [-0.39, 0.29) is 0 Å². The van der Waals surface area contributed by atoms with Crippen LogP contribution in [0.15, 0.2) is 35.2 Å². The van der Waals surface area contributed by atoms with Gasteiger partial charge in [0, 0.05) is 11.9 Å². The molecule has 0 aliphatic heterocycles. The largest absolute Gasteiger partial charge is 0.283 e. The summed E-state index contributed by atoms with van der Waals surface area (Å²) in [5, 5.41) is 3.10. The van der Waals surface area contributed by atoms with Gasteiger partial charge in [-0.25, -0.2) is 4.98 Å². The molecule has 3 nitrogen and oxygen atoms in total. The number of thioether (sulfide) groups is 1. The van der Waals surface area contributed by atoms with Gasteiger partial charge < -0.3 is 0 Å². The fourth-order valence-corrected chi connectivity index (χ4v) is 2.13. The number of aryl methyl sites for hydroxylation is 1. The van der Waals surface area contributed by atoms with E-state index >= 15 is 0 Å². The van der Waals surface area contributed by atoms with Gasteiger partial charge in [-0.05, 0) is 24.4 Å². The van der Waals surface area contributed by atoms with E-state index in [1.165, 1.54) is 4.90 Å². The lowest BCUT2D eigenvalue weighted by atomic mass is 10.4. The van der Waals surface area contributed by atoms with E-state index in [1.807, 2.05) is 25.2 Å². The maximum Gasteiger partial charge on any atom is 0.215 e. The predicted octanol–water partition coefficient (Wildman–Crippen LogP) is 2.77. The summed E-state index contributed by atoms with van der Waals surface area (Å²) < 4.78 is 2.34. The van der Waals surface area contributed by atoms with Gasteiger partial charge in [0.15, 0.2) is 0 Å². The standard InChI is InChI=1S/C10H11N3S2/c1-13-10(14)11-9(12-13)7-15-8-5-3-2-4-6-8/h2-6H,7H2,1H3,(H,11,12,14). The molecular weight excluding hydrogens is 226 g/mol. The van der Waals surface area contributed by atoms with Crippen LogP contribution in [0.5, 0.6) is 0 Å². The SMILES string of the molecule is Cn1[nH]c(CSc2ccccc2)nc1=S. The van der Waals surface area contributed by atoms with Crippen LogP contribution in [0.4, 0.5) is 0 Å². The molecule has 1 aromatic heterocycles. The first-order valence-electron chi connectivity index (χ1n) is 4.55. The van der Waals surface area contributed by atoms with Gasteiger partial charge in [-0.1, -0.05) is 18.2 Å². The molecule has 0 saturated heterocycles. The number of aromatic nitrogens is 3. The molecule has 0 radical (unpaired) electrons. The Hall–Kier alpha value is -1.07. The van der Waals surface area contributed by atoms with Crippen molar-refractivity contribution in [3.05, 3.63) is 40.9 Å².